The van der Waals surface area contributed by atoms with Crippen LogP contribution in [0.25, 0.3) is 0 Å². The second-order valence-corrected chi connectivity index (χ2v) is 9.86. The van der Waals surface area contributed by atoms with Crippen molar-refractivity contribution in [3.63, 3.8) is 0 Å². The van der Waals surface area contributed by atoms with Crippen LogP contribution in [0.5, 0.6) is 11.5 Å². The molecule has 0 aromatic heterocycles. The van der Waals surface area contributed by atoms with E-state index in [2.05, 4.69) is 4.74 Å². The quantitative estimate of drug-likeness (QED) is 0.102. The number of methoxy groups -OCH3 is 1. The highest BCUT2D eigenvalue weighted by molar-refractivity contribution is 5.82. The number of rotatable bonds is 16. The molecule has 2 aromatic carbocycles. The lowest BCUT2D eigenvalue weighted by atomic mass is 9.92. The molecule has 17 heteroatoms. The van der Waals surface area contributed by atoms with Gasteiger partial charge in [-0.25, -0.2) is 4.79 Å². The van der Waals surface area contributed by atoms with Gasteiger partial charge in [-0.15, -0.1) is 0 Å². The second-order valence-electron chi connectivity index (χ2n) is 9.86. The van der Waals surface area contributed by atoms with Gasteiger partial charge in [-0.1, -0.05) is 37.3 Å². The highest BCUT2D eigenvalue weighted by atomic mass is 19.4. The summed E-state index contributed by atoms with van der Waals surface area (Å²) in [4.78, 5) is 12.6. The third-order valence-corrected chi connectivity index (χ3v) is 6.49. The summed E-state index contributed by atoms with van der Waals surface area (Å²) >= 11 is 0. The van der Waals surface area contributed by atoms with Crippen molar-refractivity contribution in [2.75, 3.05) is 26.9 Å². The van der Waals surface area contributed by atoms with Gasteiger partial charge in [0.2, 0.25) is 0 Å². The number of alkyl halides is 12. The van der Waals surface area contributed by atoms with Crippen molar-refractivity contribution in [2.24, 2.45) is 5.92 Å². The van der Waals surface area contributed by atoms with E-state index >= 15 is 0 Å². The van der Waals surface area contributed by atoms with E-state index in [1.165, 1.54) is 42.5 Å². The molecule has 45 heavy (non-hydrogen) atoms. The molecule has 0 aliphatic heterocycles. The van der Waals surface area contributed by atoms with Crippen molar-refractivity contribution in [3.05, 3.63) is 60.2 Å². The molecule has 5 nitrogen and oxygen atoms in total. The van der Waals surface area contributed by atoms with Crippen LogP contribution in [-0.2, 0) is 19.9 Å². The highest BCUT2D eigenvalue weighted by Gasteiger charge is 2.81. The van der Waals surface area contributed by atoms with Crippen LogP contribution in [0.2, 0.25) is 0 Å². The number of benzene rings is 2. The first-order valence-corrected chi connectivity index (χ1v) is 13.0. The first kappa shape index (κ1) is 37.8. The minimum absolute atomic E-state index is 0.00281. The van der Waals surface area contributed by atoms with Crippen molar-refractivity contribution in [1.82, 2.24) is 0 Å². The summed E-state index contributed by atoms with van der Waals surface area (Å²) in [6.07, 6.45) is -14.8. The van der Waals surface area contributed by atoms with Crippen LogP contribution in [0.4, 0.5) is 52.7 Å². The predicted octanol–water partition coefficient (Wildman–Crippen LogP) is 8.37. The van der Waals surface area contributed by atoms with Gasteiger partial charge in [-0.2, -0.15) is 52.7 Å². The summed E-state index contributed by atoms with van der Waals surface area (Å²) in [5.74, 6) is -21.2. The summed E-state index contributed by atoms with van der Waals surface area (Å²) in [6.45, 7) is 0.477. The minimum Gasteiger partial charge on any atom is -0.494 e. The van der Waals surface area contributed by atoms with Crippen LogP contribution < -0.4 is 9.47 Å². The smallest absolute Gasteiger partial charge is 0.460 e. The lowest BCUT2D eigenvalue weighted by Crippen LogP contribution is -2.60. The first-order valence-electron chi connectivity index (χ1n) is 13.0. The molecule has 0 radical (unpaired) electrons. The van der Waals surface area contributed by atoms with Crippen molar-refractivity contribution in [2.45, 2.75) is 61.9 Å². The molecular formula is C28H28F12O5. The van der Waals surface area contributed by atoms with Crippen LogP contribution >= 0.6 is 0 Å². The average Bonchev–Trinajstić information content (AvgIpc) is 2.94. The Morgan fingerprint density at radius 1 is 0.711 bits per heavy atom. The Labute approximate surface area is 249 Å². The summed E-state index contributed by atoms with van der Waals surface area (Å²) < 4.78 is 178. The van der Waals surface area contributed by atoms with Gasteiger partial charge in [0, 0.05) is 19.1 Å². The van der Waals surface area contributed by atoms with E-state index < -0.39 is 79.2 Å². The van der Waals surface area contributed by atoms with E-state index in [4.69, 9.17) is 14.2 Å². The van der Waals surface area contributed by atoms with E-state index in [9.17, 15) is 57.5 Å². The average molecular weight is 673 g/mol. The van der Waals surface area contributed by atoms with Crippen molar-refractivity contribution in [3.8, 4) is 11.5 Å². The monoisotopic (exact) mass is 672 g/mol. The number of halogens is 12. The number of esters is 1. The van der Waals surface area contributed by atoms with Crippen LogP contribution in [0.15, 0.2) is 54.6 Å². The Bertz CT molecular complexity index is 1220. The predicted molar refractivity (Wildman–Crippen MR) is 133 cm³/mol. The Morgan fingerprint density at radius 3 is 1.69 bits per heavy atom. The minimum atomic E-state index is -6.95. The number of hydrogen-bond donors (Lipinski definition) is 0. The van der Waals surface area contributed by atoms with Gasteiger partial charge in [0.05, 0.1) is 19.8 Å². The Kier molecular flexibility index (Phi) is 12.1. The molecule has 0 spiro atoms. The molecule has 0 fully saturated rings. The van der Waals surface area contributed by atoms with E-state index in [1.807, 2.05) is 0 Å². The van der Waals surface area contributed by atoms with E-state index in [-0.39, 0.29) is 24.5 Å². The number of carbonyl (C=O) groups excluding carboxylic acids is 1. The molecule has 0 unspecified atom stereocenters. The van der Waals surface area contributed by atoms with Gasteiger partial charge in [-0.05, 0) is 43.0 Å². The molecular weight excluding hydrogens is 644 g/mol. The van der Waals surface area contributed by atoms with Crippen molar-refractivity contribution in [1.29, 1.82) is 0 Å². The lowest BCUT2D eigenvalue weighted by molar-refractivity contribution is -0.396. The maximum Gasteiger partial charge on any atom is 0.460 e. The number of carbonyl (C=O) groups is 1. The van der Waals surface area contributed by atoms with E-state index in [0.29, 0.717) is 0 Å². The fourth-order valence-electron chi connectivity index (χ4n) is 3.85. The normalized spacial score (nSPS) is 15.2. The fourth-order valence-corrected chi connectivity index (χ4v) is 3.85. The summed E-state index contributed by atoms with van der Waals surface area (Å²) in [5, 5.41) is 0. The van der Waals surface area contributed by atoms with E-state index in [0.717, 1.165) is 19.2 Å². The Hall–Kier alpha value is -3.37. The maximum absolute atomic E-state index is 13.9. The zero-order chi connectivity index (χ0) is 34.3. The van der Waals surface area contributed by atoms with Crippen molar-refractivity contribution < 1.29 is 76.4 Å². The Morgan fingerprint density at radius 2 is 1.22 bits per heavy atom. The molecule has 2 atom stereocenters. The van der Waals surface area contributed by atoms with Gasteiger partial charge >= 0.3 is 36.1 Å². The summed E-state index contributed by atoms with van der Waals surface area (Å²) in [7, 11) is 0.738. The number of hydrogen-bond acceptors (Lipinski definition) is 5. The number of ether oxygens (including phenoxy) is 4. The molecule has 0 bridgehead atoms. The standard InChI is InChI=1S/C28H28F12O5/c1-18(17-45-22(41)24(42-2,27(35,36)37)19-7-4-3-5-8-19)13-16-44-21-11-9-20(10-12-21)43-15-6-14-23(29,30)25(31,32)26(33,34)28(38,39)40/h3-5,7-12,18H,6,13-17H2,1-2H3/t18-,24-/m1/s1. The fraction of sp³-hybridized carbons (Fsp3) is 0.536. The van der Waals surface area contributed by atoms with Gasteiger partial charge < -0.3 is 18.9 Å². The molecule has 2 aromatic rings. The maximum atomic E-state index is 13.9. The topological polar surface area (TPSA) is 54.0 Å². The molecule has 254 valence electrons. The van der Waals surface area contributed by atoms with Crippen LogP contribution in [0.3, 0.4) is 0 Å². The lowest BCUT2D eigenvalue weighted by Gasteiger charge is -2.33. The van der Waals surface area contributed by atoms with Gasteiger partial charge in [0.15, 0.2) is 0 Å². The van der Waals surface area contributed by atoms with Crippen molar-refractivity contribution >= 4 is 5.97 Å². The molecule has 0 N–H and O–H groups in total. The largest absolute Gasteiger partial charge is 0.494 e. The molecule has 0 aliphatic carbocycles. The third-order valence-electron chi connectivity index (χ3n) is 6.49. The zero-order valence-electron chi connectivity index (χ0n) is 23.6. The van der Waals surface area contributed by atoms with Crippen LogP contribution in [0.1, 0.15) is 31.7 Å². The van der Waals surface area contributed by atoms with E-state index in [1.54, 1.807) is 6.92 Å². The van der Waals surface area contributed by atoms with Gasteiger partial charge in [-0.3, -0.25) is 0 Å². The molecule has 0 saturated carbocycles. The van der Waals surface area contributed by atoms with Crippen LogP contribution in [0, 0.1) is 5.92 Å². The van der Waals surface area contributed by atoms with Gasteiger partial charge in [0.25, 0.3) is 5.60 Å². The Balaban J connectivity index is 1.82. The molecule has 0 aliphatic rings. The molecule has 2 rings (SSSR count). The second kappa shape index (κ2) is 14.4. The SMILES string of the molecule is CO[C@@](C(=O)OC[C@H](C)CCOc1ccc(OCCCC(F)(F)C(F)(F)C(F)(F)C(F)(F)F)cc1)(c1ccccc1)C(F)(F)F. The first-order chi connectivity index (χ1) is 20.6. The van der Waals surface area contributed by atoms with Crippen LogP contribution in [-0.4, -0.2) is 63.0 Å². The third kappa shape index (κ3) is 8.47. The molecule has 0 saturated heterocycles. The van der Waals surface area contributed by atoms with Gasteiger partial charge in [0.1, 0.15) is 11.5 Å². The highest BCUT2D eigenvalue weighted by Crippen LogP contribution is 2.54. The summed E-state index contributed by atoms with van der Waals surface area (Å²) in [6, 6.07) is 11.4. The molecule has 0 amide bonds. The molecule has 0 heterocycles. The summed E-state index contributed by atoms with van der Waals surface area (Å²) in [5.41, 5.74) is -3.79. The zero-order valence-corrected chi connectivity index (χ0v) is 23.6.